The zero-order chi connectivity index (χ0) is 17.4. The van der Waals surface area contributed by atoms with E-state index in [1.807, 2.05) is 37.6 Å². The van der Waals surface area contributed by atoms with E-state index >= 15 is 0 Å². The SMILES string of the molecule is Cc1ncsc1COc1ccc2oc(C)c(-c3nc(C=O)c[nH]3)c2c1. The number of fused-ring (bicyclic) bond motifs is 1. The van der Waals surface area contributed by atoms with Crippen LogP contribution in [0.1, 0.15) is 26.8 Å². The highest BCUT2D eigenvalue weighted by Gasteiger charge is 2.17. The van der Waals surface area contributed by atoms with E-state index in [0.717, 1.165) is 38.6 Å². The fraction of sp³-hybridized carbons (Fsp3) is 0.167. The third-order valence-corrected chi connectivity index (χ3v) is 4.91. The second kappa shape index (κ2) is 6.18. The number of thiazole rings is 1. The van der Waals surface area contributed by atoms with Gasteiger partial charge >= 0.3 is 0 Å². The third kappa shape index (κ3) is 2.83. The lowest BCUT2D eigenvalue weighted by atomic mass is 10.1. The van der Waals surface area contributed by atoms with Gasteiger partial charge in [0.15, 0.2) is 6.29 Å². The predicted octanol–water partition coefficient (Wildman–Crippen LogP) is 4.29. The molecule has 0 atom stereocenters. The largest absolute Gasteiger partial charge is 0.488 e. The Morgan fingerprint density at radius 3 is 2.96 bits per heavy atom. The molecule has 6 nitrogen and oxygen atoms in total. The number of carbonyl (C=O) groups excluding carboxylic acids is 1. The van der Waals surface area contributed by atoms with E-state index in [4.69, 9.17) is 9.15 Å². The minimum absolute atomic E-state index is 0.358. The van der Waals surface area contributed by atoms with E-state index in [9.17, 15) is 4.79 Å². The van der Waals surface area contributed by atoms with Gasteiger partial charge in [0, 0.05) is 11.6 Å². The summed E-state index contributed by atoms with van der Waals surface area (Å²) in [4.78, 5) is 23.5. The van der Waals surface area contributed by atoms with E-state index in [-0.39, 0.29) is 0 Å². The molecule has 3 aromatic heterocycles. The van der Waals surface area contributed by atoms with Crippen LogP contribution in [0.25, 0.3) is 22.4 Å². The van der Waals surface area contributed by atoms with Gasteiger partial charge in [-0.1, -0.05) is 0 Å². The summed E-state index contributed by atoms with van der Waals surface area (Å²) < 4.78 is 11.7. The average Bonchev–Trinajstić information content (AvgIpc) is 3.30. The Morgan fingerprint density at radius 2 is 2.24 bits per heavy atom. The minimum Gasteiger partial charge on any atom is -0.488 e. The molecule has 25 heavy (non-hydrogen) atoms. The first kappa shape index (κ1) is 15.6. The van der Waals surface area contributed by atoms with Crippen molar-refractivity contribution >= 4 is 28.6 Å². The van der Waals surface area contributed by atoms with Crippen LogP contribution in [0.4, 0.5) is 0 Å². The smallest absolute Gasteiger partial charge is 0.170 e. The zero-order valence-corrected chi connectivity index (χ0v) is 14.5. The fourth-order valence-corrected chi connectivity index (χ4v) is 3.41. The first-order chi connectivity index (χ1) is 12.2. The molecular formula is C18H15N3O3S. The van der Waals surface area contributed by atoms with E-state index in [1.54, 1.807) is 17.5 Å². The highest BCUT2D eigenvalue weighted by molar-refractivity contribution is 7.09. The van der Waals surface area contributed by atoms with Gasteiger partial charge in [-0.25, -0.2) is 9.97 Å². The molecule has 126 valence electrons. The maximum absolute atomic E-state index is 10.9. The molecule has 0 aliphatic heterocycles. The molecule has 7 heteroatoms. The number of H-pyrrole nitrogens is 1. The van der Waals surface area contributed by atoms with Crippen molar-refractivity contribution in [1.29, 1.82) is 0 Å². The second-order valence-electron chi connectivity index (χ2n) is 5.63. The van der Waals surface area contributed by atoms with Crippen LogP contribution >= 0.6 is 11.3 Å². The van der Waals surface area contributed by atoms with E-state index < -0.39 is 0 Å². The Hall–Kier alpha value is -2.93. The van der Waals surface area contributed by atoms with Crippen molar-refractivity contribution < 1.29 is 13.9 Å². The number of ether oxygens (including phenoxy) is 1. The summed E-state index contributed by atoms with van der Waals surface area (Å²) in [5, 5.41) is 0.892. The molecule has 1 aromatic carbocycles. The van der Waals surface area contributed by atoms with Gasteiger partial charge in [0.05, 0.1) is 21.6 Å². The molecular weight excluding hydrogens is 338 g/mol. The molecule has 3 heterocycles. The Balaban J connectivity index is 1.70. The van der Waals surface area contributed by atoms with Gasteiger partial charge in [-0.3, -0.25) is 4.79 Å². The second-order valence-corrected chi connectivity index (χ2v) is 6.57. The average molecular weight is 353 g/mol. The summed E-state index contributed by atoms with van der Waals surface area (Å²) in [6.45, 7) is 4.32. The zero-order valence-electron chi connectivity index (χ0n) is 13.7. The molecule has 0 saturated carbocycles. The number of furan rings is 1. The lowest BCUT2D eigenvalue weighted by molar-refractivity contribution is 0.111. The standard InChI is InChI=1S/C18H15N3O3S/c1-10-16(25-9-20-10)8-23-13-3-4-15-14(5-13)17(11(2)24-15)18-19-6-12(7-22)21-18/h3-7,9H,8H2,1-2H3,(H,19,21). The fourth-order valence-electron chi connectivity index (χ4n) is 2.72. The number of aldehydes is 1. The van der Waals surface area contributed by atoms with Gasteiger partial charge in [0.1, 0.15) is 35.2 Å². The van der Waals surface area contributed by atoms with Crippen LogP contribution < -0.4 is 4.74 Å². The number of hydrogen-bond acceptors (Lipinski definition) is 6. The Labute approximate surface area is 147 Å². The third-order valence-electron chi connectivity index (χ3n) is 4.01. The van der Waals surface area contributed by atoms with Crippen LogP contribution in [0.5, 0.6) is 5.75 Å². The molecule has 0 aliphatic carbocycles. The van der Waals surface area contributed by atoms with Crippen LogP contribution in [0.15, 0.2) is 34.3 Å². The maximum atomic E-state index is 10.9. The molecule has 0 spiro atoms. The van der Waals surface area contributed by atoms with E-state index in [1.165, 1.54) is 0 Å². The van der Waals surface area contributed by atoms with Crippen molar-refractivity contribution in [2.24, 2.45) is 0 Å². The summed E-state index contributed by atoms with van der Waals surface area (Å²) in [7, 11) is 0. The summed E-state index contributed by atoms with van der Waals surface area (Å²) in [6.07, 6.45) is 2.29. The van der Waals surface area contributed by atoms with Crippen molar-refractivity contribution in [3.63, 3.8) is 0 Å². The molecule has 4 aromatic rings. The van der Waals surface area contributed by atoms with Crippen LogP contribution in [-0.4, -0.2) is 21.2 Å². The van der Waals surface area contributed by atoms with Gasteiger partial charge in [-0.05, 0) is 32.0 Å². The number of rotatable bonds is 5. The number of benzene rings is 1. The van der Waals surface area contributed by atoms with Gasteiger partial charge in [0.2, 0.25) is 0 Å². The van der Waals surface area contributed by atoms with Crippen LogP contribution in [0, 0.1) is 13.8 Å². The first-order valence-electron chi connectivity index (χ1n) is 7.71. The number of aromatic nitrogens is 3. The molecule has 1 N–H and O–H groups in total. The molecule has 0 radical (unpaired) electrons. The number of aryl methyl sites for hydroxylation is 2. The molecule has 0 amide bonds. The topological polar surface area (TPSA) is 81.0 Å². The quantitative estimate of drug-likeness (QED) is 0.541. The van der Waals surface area contributed by atoms with E-state index in [2.05, 4.69) is 15.0 Å². The highest BCUT2D eigenvalue weighted by Crippen LogP contribution is 2.35. The maximum Gasteiger partial charge on any atom is 0.170 e. The normalized spacial score (nSPS) is 11.1. The Morgan fingerprint density at radius 1 is 1.36 bits per heavy atom. The van der Waals surface area contributed by atoms with Crippen molar-refractivity contribution in [3.05, 3.63) is 51.9 Å². The Bertz CT molecular complexity index is 1060. The molecule has 0 bridgehead atoms. The number of nitrogens with zero attached hydrogens (tertiary/aromatic N) is 2. The van der Waals surface area contributed by atoms with Crippen molar-refractivity contribution in [2.45, 2.75) is 20.5 Å². The summed E-state index contributed by atoms with van der Waals surface area (Å²) in [5.41, 5.74) is 4.75. The lowest BCUT2D eigenvalue weighted by Crippen LogP contribution is -1.95. The first-order valence-corrected chi connectivity index (χ1v) is 8.59. The molecule has 0 saturated heterocycles. The number of carbonyl (C=O) groups is 1. The summed E-state index contributed by atoms with van der Waals surface area (Å²) in [6, 6.07) is 5.69. The monoisotopic (exact) mass is 353 g/mol. The highest BCUT2D eigenvalue weighted by atomic mass is 32.1. The summed E-state index contributed by atoms with van der Waals surface area (Å²) in [5.74, 6) is 2.08. The van der Waals surface area contributed by atoms with Crippen molar-refractivity contribution in [1.82, 2.24) is 15.0 Å². The number of hydrogen-bond donors (Lipinski definition) is 1. The molecule has 0 aliphatic rings. The summed E-state index contributed by atoms with van der Waals surface area (Å²) >= 11 is 1.58. The molecule has 0 unspecified atom stereocenters. The van der Waals surface area contributed by atoms with Gasteiger partial charge in [0.25, 0.3) is 0 Å². The number of nitrogens with one attached hydrogen (secondary N) is 1. The van der Waals surface area contributed by atoms with Crippen molar-refractivity contribution in [3.8, 4) is 17.1 Å². The number of imidazole rings is 1. The van der Waals surface area contributed by atoms with Crippen molar-refractivity contribution in [2.75, 3.05) is 0 Å². The van der Waals surface area contributed by atoms with Gasteiger partial charge in [-0.15, -0.1) is 11.3 Å². The van der Waals surface area contributed by atoms with Gasteiger partial charge < -0.3 is 14.1 Å². The molecule has 0 fully saturated rings. The van der Waals surface area contributed by atoms with Gasteiger partial charge in [-0.2, -0.15) is 0 Å². The Kier molecular flexibility index (Phi) is 3.85. The van der Waals surface area contributed by atoms with Crippen LogP contribution in [0.3, 0.4) is 0 Å². The molecule has 4 rings (SSSR count). The van der Waals surface area contributed by atoms with E-state index in [0.29, 0.717) is 24.4 Å². The minimum atomic E-state index is 0.358. The van der Waals surface area contributed by atoms with Crippen LogP contribution in [0.2, 0.25) is 0 Å². The number of aromatic amines is 1. The predicted molar refractivity (Wildman–Crippen MR) is 95.1 cm³/mol. The van der Waals surface area contributed by atoms with Crippen LogP contribution in [-0.2, 0) is 6.61 Å². The lowest BCUT2D eigenvalue weighted by Gasteiger charge is -2.05.